The number of hydrogen-bond donors (Lipinski definition) is 0. The monoisotopic (exact) mass is 240 g/mol. The molecular weight excluding hydrogens is 228 g/mol. The van der Waals surface area contributed by atoms with Crippen LogP contribution >= 0.6 is 11.8 Å². The van der Waals surface area contributed by atoms with Gasteiger partial charge in [-0.15, -0.1) is 0 Å². The largest absolute Gasteiger partial charge is 0.248 e. The fourth-order valence-electron chi connectivity index (χ4n) is 1.53. The lowest BCUT2D eigenvalue weighted by molar-refractivity contribution is 1.12. The fraction of sp³-hybridized carbons (Fsp3) is 0.143. The summed E-state index contributed by atoms with van der Waals surface area (Å²) in [6, 6.07) is 12.1. The Morgan fingerprint density at radius 1 is 1.18 bits per heavy atom. The van der Waals surface area contributed by atoms with E-state index in [4.69, 9.17) is 5.26 Å². The van der Waals surface area contributed by atoms with Gasteiger partial charge in [0.15, 0.2) is 0 Å². The minimum absolute atomic E-state index is 0.593. The van der Waals surface area contributed by atoms with Crippen molar-refractivity contribution in [3.8, 4) is 6.07 Å². The Labute approximate surface area is 105 Å². The third-order valence-corrected chi connectivity index (χ3v) is 3.54. The summed E-state index contributed by atoms with van der Waals surface area (Å²) in [6.45, 7) is 4.18. The topological polar surface area (TPSA) is 36.7 Å². The van der Waals surface area contributed by atoms with E-state index >= 15 is 0 Å². The third kappa shape index (κ3) is 2.86. The van der Waals surface area contributed by atoms with E-state index in [1.165, 1.54) is 16.0 Å². The molecule has 0 saturated heterocycles. The molecular formula is C14H12N2S. The van der Waals surface area contributed by atoms with E-state index in [0.717, 1.165) is 5.03 Å². The summed E-state index contributed by atoms with van der Waals surface area (Å²) in [7, 11) is 0. The van der Waals surface area contributed by atoms with Crippen LogP contribution in [0.2, 0.25) is 0 Å². The zero-order valence-electron chi connectivity index (χ0n) is 9.77. The average molecular weight is 240 g/mol. The lowest BCUT2D eigenvalue weighted by Gasteiger charge is -2.05. The molecule has 2 nitrogen and oxygen atoms in total. The highest BCUT2D eigenvalue weighted by molar-refractivity contribution is 7.99. The van der Waals surface area contributed by atoms with Crippen LogP contribution in [0.1, 0.15) is 16.7 Å². The third-order valence-electron chi connectivity index (χ3n) is 2.41. The van der Waals surface area contributed by atoms with Gasteiger partial charge in [0.1, 0.15) is 11.1 Å². The van der Waals surface area contributed by atoms with E-state index < -0.39 is 0 Å². The molecule has 1 heterocycles. The lowest BCUT2D eigenvalue weighted by Crippen LogP contribution is -1.85. The number of nitriles is 1. The number of hydrogen-bond acceptors (Lipinski definition) is 3. The van der Waals surface area contributed by atoms with Crippen LogP contribution in [0.4, 0.5) is 0 Å². The van der Waals surface area contributed by atoms with E-state index in [0.29, 0.717) is 5.56 Å². The number of pyridine rings is 1. The molecule has 0 amide bonds. The van der Waals surface area contributed by atoms with E-state index in [1.807, 2.05) is 6.07 Å². The maximum atomic E-state index is 8.70. The molecule has 0 spiro atoms. The van der Waals surface area contributed by atoms with Crippen molar-refractivity contribution in [2.24, 2.45) is 0 Å². The summed E-state index contributed by atoms with van der Waals surface area (Å²) >= 11 is 1.62. The molecule has 0 fully saturated rings. The standard InChI is InChI=1S/C14H12N2S/c1-10-3-5-13(11(2)7-10)17-14-6-4-12(8-15)9-16-14/h3-7,9H,1-2H3. The van der Waals surface area contributed by atoms with Gasteiger partial charge >= 0.3 is 0 Å². The molecule has 0 aliphatic rings. The minimum Gasteiger partial charge on any atom is -0.248 e. The van der Waals surface area contributed by atoms with Crippen LogP contribution in [0.15, 0.2) is 46.5 Å². The van der Waals surface area contributed by atoms with Crippen LogP contribution in [0.3, 0.4) is 0 Å². The molecule has 84 valence electrons. The van der Waals surface area contributed by atoms with Gasteiger partial charge in [0.05, 0.1) is 5.56 Å². The van der Waals surface area contributed by atoms with Crippen molar-refractivity contribution in [1.29, 1.82) is 5.26 Å². The van der Waals surface area contributed by atoms with Crippen LogP contribution in [-0.4, -0.2) is 4.98 Å². The first-order chi connectivity index (χ1) is 8.19. The average Bonchev–Trinajstić information content (AvgIpc) is 2.34. The quantitative estimate of drug-likeness (QED) is 0.802. The molecule has 0 radical (unpaired) electrons. The van der Waals surface area contributed by atoms with E-state index in [1.54, 1.807) is 24.0 Å². The van der Waals surface area contributed by atoms with Gasteiger partial charge in [0.2, 0.25) is 0 Å². The molecule has 0 aliphatic heterocycles. The predicted octanol–water partition coefficient (Wildman–Crippen LogP) is 3.72. The molecule has 0 unspecified atom stereocenters. The number of nitrogens with zero attached hydrogens (tertiary/aromatic N) is 2. The summed E-state index contributed by atoms with van der Waals surface area (Å²) in [4.78, 5) is 5.45. The Morgan fingerprint density at radius 2 is 2.00 bits per heavy atom. The summed E-state index contributed by atoms with van der Waals surface area (Å²) < 4.78 is 0. The number of aryl methyl sites for hydroxylation is 2. The number of aromatic nitrogens is 1. The summed E-state index contributed by atoms with van der Waals surface area (Å²) in [5.74, 6) is 0. The normalized spacial score (nSPS) is 9.94. The Kier molecular flexibility index (Phi) is 3.46. The molecule has 1 aromatic heterocycles. The van der Waals surface area contributed by atoms with Gasteiger partial charge in [0, 0.05) is 11.1 Å². The Balaban J connectivity index is 2.23. The van der Waals surface area contributed by atoms with Crippen molar-refractivity contribution in [2.75, 3.05) is 0 Å². The predicted molar refractivity (Wildman–Crippen MR) is 69.0 cm³/mol. The summed E-state index contributed by atoms with van der Waals surface area (Å²) in [5.41, 5.74) is 3.11. The van der Waals surface area contributed by atoms with Gasteiger partial charge in [-0.1, -0.05) is 29.5 Å². The second kappa shape index (κ2) is 5.03. The van der Waals surface area contributed by atoms with Gasteiger partial charge in [-0.05, 0) is 37.6 Å². The highest BCUT2D eigenvalue weighted by Crippen LogP contribution is 2.29. The summed E-state index contributed by atoms with van der Waals surface area (Å²) in [5, 5.41) is 9.61. The highest BCUT2D eigenvalue weighted by atomic mass is 32.2. The maximum absolute atomic E-state index is 8.70. The van der Waals surface area contributed by atoms with Crippen molar-refractivity contribution in [3.05, 3.63) is 53.2 Å². The van der Waals surface area contributed by atoms with Gasteiger partial charge in [0.25, 0.3) is 0 Å². The molecule has 2 rings (SSSR count). The molecule has 0 atom stereocenters. The van der Waals surface area contributed by atoms with E-state index in [9.17, 15) is 0 Å². The van der Waals surface area contributed by atoms with Crippen LogP contribution in [0.5, 0.6) is 0 Å². The molecule has 0 bridgehead atoms. The Hall–Kier alpha value is -1.79. The van der Waals surface area contributed by atoms with Gasteiger partial charge in [-0.3, -0.25) is 0 Å². The number of benzene rings is 1. The second-order valence-electron chi connectivity index (χ2n) is 3.87. The van der Waals surface area contributed by atoms with Crippen LogP contribution < -0.4 is 0 Å². The zero-order valence-corrected chi connectivity index (χ0v) is 10.6. The lowest BCUT2D eigenvalue weighted by atomic mass is 10.2. The number of rotatable bonds is 2. The van der Waals surface area contributed by atoms with E-state index in [-0.39, 0.29) is 0 Å². The van der Waals surface area contributed by atoms with Crippen molar-refractivity contribution in [3.63, 3.8) is 0 Å². The van der Waals surface area contributed by atoms with Crippen molar-refractivity contribution >= 4 is 11.8 Å². The maximum Gasteiger partial charge on any atom is 0.101 e. The Bertz CT molecular complexity index is 568. The van der Waals surface area contributed by atoms with Crippen molar-refractivity contribution in [2.45, 2.75) is 23.8 Å². The zero-order chi connectivity index (χ0) is 12.3. The van der Waals surface area contributed by atoms with Crippen molar-refractivity contribution in [1.82, 2.24) is 4.98 Å². The molecule has 0 saturated carbocycles. The first-order valence-electron chi connectivity index (χ1n) is 5.30. The van der Waals surface area contributed by atoms with Crippen LogP contribution in [-0.2, 0) is 0 Å². The second-order valence-corrected chi connectivity index (χ2v) is 4.93. The van der Waals surface area contributed by atoms with E-state index in [2.05, 4.69) is 43.1 Å². The SMILES string of the molecule is Cc1ccc(Sc2ccc(C#N)cn2)c(C)c1. The molecule has 2 aromatic rings. The van der Waals surface area contributed by atoms with Gasteiger partial charge < -0.3 is 0 Å². The highest BCUT2D eigenvalue weighted by Gasteiger charge is 2.02. The smallest absolute Gasteiger partial charge is 0.101 e. The molecule has 3 heteroatoms. The Morgan fingerprint density at radius 3 is 2.59 bits per heavy atom. The first kappa shape index (κ1) is 11.7. The van der Waals surface area contributed by atoms with Gasteiger partial charge in [-0.25, -0.2) is 4.98 Å². The van der Waals surface area contributed by atoms with Crippen LogP contribution in [0.25, 0.3) is 0 Å². The summed E-state index contributed by atoms with van der Waals surface area (Å²) in [6.07, 6.45) is 1.60. The van der Waals surface area contributed by atoms with Crippen LogP contribution in [0, 0.1) is 25.2 Å². The van der Waals surface area contributed by atoms with Gasteiger partial charge in [-0.2, -0.15) is 5.26 Å². The molecule has 0 aliphatic carbocycles. The minimum atomic E-state index is 0.593. The first-order valence-corrected chi connectivity index (χ1v) is 6.12. The molecule has 0 N–H and O–H groups in total. The molecule has 1 aromatic carbocycles. The molecule has 17 heavy (non-hydrogen) atoms. The van der Waals surface area contributed by atoms with Crippen molar-refractivity contribution < 1.29 is 0 Å². The fourth-order valence-corrected chi connectivity index (χ4v) is 2.36.